The summed E-state index contributed by atoms with van der Waals surface area (Å²) in [6.07, 6.45) is -0.309. The molecule has 4 aromatic rings. The van der Waals surface area contributed by atoms with E-state index in [0.717, 1.165) is 16.7 Å². The van der Waals surface area contributed by atoms with Crippen LogP contribution in [0.1, 0.15) is 54.1 Å². The number of amides is 2. The standard InChI is InChI=1S/C36H33F2N3O3/c1-24-8-10-26(11-9-24)33(40-30-18-16-29(38)17-19-30)31(20-21-36(2,23-39)27-12-14-28(37)15-13-27)34(42)41-32(22-44-35(41)43)25-6-4-3-5-7-25/h3-19,31-33,40H,20-22H2,1-2H3. The van der Waals surface area contributed by atoms with Crippen molar-refractivity contribution >= 4 is 17.7 Å². The number of nitrogens with zero attached hydrogens (tertiary/aromatic N) is 2. The van der Waals surface area contributed by atoms with Gasteiger partial charge in [-0.15, -0.1) is 0 Å². The zero-order chi connectivity index (χ0) is 31.3. The molecular weight excluding hydrogens is 560 g/mol. The Labute approximate surface area is 255 Å². The number of imide groups is 1. The first kappa shape index (κ1) is 30.4. The van der Waals surface area contributed by atoms with Crippen LogP contribution in [-0.2, 0) is 14.9 Å². The number of carbonyl (C=O) groups excluding carboxylic acids is 2. The molecule has 5 rings (SSSR count). The summed E-state index contributed by atoms with van der Waals surface area (Å²) in [6.45, 7) is 3.74. The Kier molecular flexibility index (Phi) is 9.05. The summed E-state index contributed by atoms with van der Waals surface area (Å²) < 4.78 is 32.9. The van der Waals surface area contributed by atoms with Crippen LogP contribution in [0.4, 0.5) is 19.3 Å². The van der Waals surface area contributed by atoms with Crippen LogP contribution in [0.5, 0.6) is 0 Å². The van der Waals surface area contributed by atoms with Gasteiger partial charge >= 0.3 is 6.09 Å². The lowest BCUT2D eigenvalue weighted by atomic mass is 9.76. The van der Waals surface area contributed by atoms with Crippen molar-refractivity contribution in [3.8, 4) is 6.07 Å². The number of ether oxygens (including phenoxy) is 1. The fourth-order valence-corrected chi connectivity index (χ4v) is 5.64. The van der Waals surface area contributed by atoms with Crippen molar-refractivity contribution in [2.24, 2.45) is 5.92 Å². The summed E-state index contributed by atoms with van der Waals surface area (Å²) in [5, 5.41) is 13.7. The van der Waals surface area contributed by atoms with Gasteiger partial charge in [0.15, 0.2) is 0 Å². The monoisotopic (exact) mass is 593 g/mol. The lowest BCUT2D eigenvalue weighted by Gasteiger charge is -2.34. The van der Waals surface area contributed by atoms with Crippen LogP contribution < -0.4 is 5.32 Å². The second kappa shape index (κ2) is 13.1. The molecule has 224 valence electrons. The Hall–Kier alpha value is -5.03. The number of benzene rings is 4. The van der Waals surface area contributed by atoms with E-state index in [2.05, 4.69) is 11.4 Å². The van der Waals surface area contributed by atoms with Gasteiger partial charge in [-0.1, -0.05) is 72.3 Å². The summed E-state index contributed by atoms with van der Waals surface area (Å²) in [4.78, 5) is 29.0. The van der Waals surface area contributed by atoms with Crippen molar-refractivity contribution in [3.05, 3.63) is 137 Å². The van der Waals surface area contributed by atoms with Gasteiger partial charge in [-0.2, -0.15) is 5.26 Å². The molecule has 4 atom stereocenters. The minimum Gasteiger partial charge on any atom is -0.446 e. The molecule has 1 heterocycles. The molecule has 2 amide bonds. The Balaban J connectivity index is 1.57. The Morgan fingerprint density at radius 3 is 2.20 bits per heavy atom. The van der Waals surface area contributed by atoms with E-state index < -0.39 is 47.1 Å². The van der Waals surface area contributed by atoms with Gasteiger partial charge in [0.05, 0.1) is 23.4 Å². The van der Waals surface area contributed by atoms with Gasteiger partial charge in [0, 0.05) is 5.69 Å². The first-order chi connectivity index (χ1) is 21.2. The van der Waals surface area contributed by atoms with E-state index in [-0.39, 0.29) is 19.4 Å². The van der Waals surface area contributed by atoms with E-state index in [1.165, 1.54) is 29.2 Å². The van der Waals surface area contributed by atoms with E-state index in [1.807, 2.05) is 61.5 Å². The van der Waals surface area contributed by atoms with Gasteiger partial charge in [-0.3, -0.25) is 4.79 Å². The van der Waals surface area contributed by atoms with E-state index in [0.29, 0.717) is 11.3 Å². The topological polar surface area (TPSA) is 82.4 Å². The van der Waals surface area contributed by atoms with E-state index in [4.69, 9.17) is 4.74 Å². The van der Waals surface area contributed by atoms with E-state index in [9.17, 15) is 23.6 Å². The third kappa shape index (κ3) is 6.63. The zero-order valence-corrected chi connectivity index (χ0v) is 24.5. The minimum atomic E-state index is -1.05. The molecular formula is C36H33F2N3O3. The van der Waals surface area contributed by atoms with Gasteiger partial charge < -0.3 is 10.1 Å². The number of halogens is 2. The minimum absolute atomic E-state index is 0.0212. The molecule has 8 heteroatoms. The highest BCUT2D eigenvalue weighted by atomic mass is 19.1. The quantitative estimate of drug-likeness (QED) is 0.201. The Morgan fingerprint density at radius 1 is 0.977 bits per heavy atom. The van der Waals surface area contributed by atoms with Gasteiger partial charge in [0.1, 0.15) is 24.3 Å². The molecule has 1 saturated heterocycles. The highest BCUT2D eigenvalue weighted by Gasteiger charge is 2.45. The van der Waals surface area contributed by atoms with Crippen LogP contribution in [0, 0.1) is 35.8 Å². The maximum absolute atomic E-state index is 14.6. The third-order valence-corrected chi connectivity index (χ3v) is 8.30. The molecule has 0 aliphatic carbocycles. The molecule has 4 aromatic carbocycles. The molecule has 1 fully saturated rings. The van der Waals surface area contributed by atoms with Crippen molar-refractivity contribution in [3.63, 3.8) is 0 Å². The normalized spacial score (nSPS) is 17.2. The molecule has 1 N–H and O–H groups in total. The van der Waals surface area contributed by atoms with Gasteiger partial charge in [0.2, 0.25) is 5.91 Å². The smallest absolute Gasteiger partial charge is 0.417 e. The van der Waals surface area contributed by atoms with Crippen LogP contribution >= 0.6 is 0 Å². The Bertz CT molecular complexity index is 1640. The Morgan fingerprint density at radius 2 is 1.59 bits per heavy atom. The van der Waals surface area contributed by atoms with Crippen LogP contribution in [0.15, 0.2) is 103 Å². The van der Waals surface area contributed by atoms with Crippen molar-refractivity contribution < 1.29 is 23.1 Å². The molecule has 6 nitrogen and oxygen atoms in total. The summed E-state index contributed by atoms with van der Waals surface area (Å²) >= 11 is 0. The lowest BCUT2D eigenvalue weighted by molar-refractivity contribution is -0.134. The molecule has 44 heavy (non-hydrogen) atoms. The third-order valence-electron chi connectivity index (χ3n) is 8.30. The predicted molar refractivity (Wildman–Crippen MR) is 163 cm³/mol. The van der Waals surface area contributed by atoms with Crippen molar-refractivity contribution in [2.45, 2.75) is 44.2 Å². The molecule has 0 aromatic heterocycles. The number of carbonyl (C=O) groups is 2. The van der Waals surface area contributed by atoms with Crippen LogP contribution in [0.25, 0.3) is 0 Å². The highest BCUT2D eigenvalue weighted by Crippen LogP contribution is 2.39. The maximum Gasteiger partial charge on any atom is 0.417 e. The largest absolute Gasteiger partial charge is 0.446 e. The van der Waals surface area contributed by atoms with Crippen molar-refractivity contribution in [2.75, 3.05) is 11.9 Å². The first-order valence-corrected chi connectivity index (χ1v) is 14.5. The number of rotatable bonds is 10. The van der Waals surface area contributed by atoms with E-state index in [1.54, 1.807) is 31.2 Å². The molecule has 0 spiro atoms. The fourth-order valence-electron chi connectivity index (χ4n) is 5.64. The number of aryl methyl sites for hydroxylation is 1. The van der Waals surface area contributed by atoms with Gasteiger partial charge in [0.25, 0.3) is 0 Å². The zero-order valence-electron chi connectivity index (χ0n) is 24.5. The van der Waals surface area contributed by atoms with Gasteiger partial charge in [-0.25, -0.2) is 18.5 Å². The SMILES string of the molecule is Cc1ccc(C(Nc2ccc(F)cc2)C(CCC(C)(C#N)c2ccc(F)cc2)C(=O)N2C(=O)OCC2c2ccccc2)cc1. The predicted octanol–water partition coefficient (Wildman–Crippen LogP) is 8.02. The average Bonchev–Trinajstić information content (AvgIpc) is 3.43. The average molecular weight is 594 g/mol. The number of hydrogen-bond acceptors (Lipinski definition) is 5. The molecule has 0 bridgehead atoms. The molecule has 1 aliphatic heterocycles. The summed E-state index contributed by atoms with van der Waals surface area (Å²) in [5.74, 6) is -2.12. The summed E-state index contributed by atoms with van der Waals surface area (Å²) in [7, 11) is 0. The second-order valence-electron chi connectivity index (χ2n) is 11.3. The summed E-state index contributed by atoms with van der Waals surface area (Å²) in [6, 6.07) is 29.6. The maximum atomic E-state index is 14.6. The number of nitrogens with one attached hydrogen (secondary N) is 1. The van der Waals surface area contributed by atoms with Crippen LogP contribution in [-0.4, -0.2) is 23.5 Å². The summed E-state index contributed by atoms with van der Waals surface area (Å²) in [5.41, 5.74) is 2.72. The van der Waals surface area contributed by atoms with Crippen molar-refractivity contribution in [1.82, 2.24) is 4.90 Å². The number of nitriles is 1. The van der Waals surface area contributed by atoms with E-state index >= 15 is 0 Å². The first-order valence-electron chi connectivity index (χ1n) is 14.5. The fraction of sp³-hybridized carbons (Fsp3) is 0.250. The molecule has 0 radical (unpaired) electrons. The number of cyclic esters (lactones) is 1. The number of hydrogen-bond donors (Lipinski definition) is 1. The lowest BCUT2D eigenvalue weighted by Crippen LogP contribution is -2.42. The second-order valence-corrected chi connectivity index (χ2v) is 11.3. The van der Waals surface area contributed by atoms with Crippen LogP contribution in [0.2, 0.25) is 0 Å². The highest BCUT2D eigenvalue weighted by molar-refractivity contribution is 5.95. The number of anilines is 1. The van der Waals surface area contributed by atoms with Crippen molar-refractivity contribution in [1.29, 1.82) is 5.26 Å². The molecule has 0 saturated carbocycles. The van der Waals surface area contributed by atoms with Crippen LogP contribution in [0.3, 0.4) is 0 Å². The molecule has 4 unspecified atom stereocenters. The van der Waals surface area contributed by atoms with Gasteiger partial charge in [-0.05, 0) is 79.8 Å². The molecule has 1 aliphatic rings.